The quantitative estimate of drug-likeness (QED) is 0.330. The van der Waals surface area contributed by atoms with Gasteiger partial charge >= 0.3 is 0 Å². The monoisotopic (exact) mass is 528 g/mol. The molecule has 1 fully saturated rings. The lowest BCUT2D eigenvalue weighted by atomic mass is 10.0. The van der Waals surface area contributed by atoms with E-state index in [1.54, 1.807) is 30.2 Å². The van der Waals surface area contributed by atoms with Crippen LogP contribution in [0.1, 0.15) is 48.6 Å². The van der Waals surface area contributed by atoms with Crippen molar-refractivity contribution in [2.45, 2.75) is 57.8 Å². The first-order valence-electron chi connectivity index (χ1n) is 13.1. The molecular formula is C29H32N6O4. The van der Waals surface area contributed by atoms with E-state index in [9.17, 15) is 9.59 Å². The number of aromatic nitrogens is 4. The van der Waals surface area contributed by atoms with E-state index in [1.165, 1.54) is 4.80 Å². The van der Waals surface area contributed by atoms with Crippen LogP contribution in [0.4, 0.5) is 0 Å². The molecule has 2 aromatic heterocycles. The third kappa shape index (κ3) is 6.34. The first-order valence-corrected chi connectivity index (χ1v) is 13.1. The number of tetrazole rings is 1. The van der Waals surface area contributed by atoms with Gasteiger partial charge in [-0.05, 0) is 60.4 Å². The van der Waals surface area contributed by atoms with Crippen molar-refractivity contribution in [1.82, 2.24) is 30.4 Å². The van der Waals surface area contributed by atoms with Gasteiger partial charge in [-0.25, -0.2) is 0 Å². The number of rotatable bonds is 10. The fourth-order valence-electron chi connectivity index (χ4n) is 4.89. The SMILES string of the molecule is COc1ccc(C(C(=O)NC2CCCC2)N(Cc2ccccc2)C(=O)Cn2nnc(-c3ccc(C)o3)n2)cc1. The molecule has 10 heteroatoms. The average Bonchev–Trinajstić information content (AvgIpc) is 3.72. The summed E-state index contributed by atoms with van der Waals surface area (Å²) in [6.45, 7) is 1.87. The van der Waals surface area contributed by atoms with Gasteiger partial charge < -0.3 is 19.4 Å². The van der Waals surface area contributed by atoms with E-state index < -0.39 is 6.04 Å². The summed E-state index contributed by atoms with van der Waals surface area (Å²) >= 11 is 0. The Morgan fingerprint density at radius 1 is 1.08 bits per heavy atom. The van der Waals surface area contributed by atoms with Crippen LogP contribution in [0, 0.1) is 6.92 Å². The number of amides is 2. The van der Waals surface area contributed by atoms with Crippen LogP contribution in [-0.2, 0) is 22.7 Å². The number of aryl methyl sites for hydroxylation is 1. The summed E-state index contributed by atoms with van der Waals surface area (Å²) in [4.78, 5) is 30.6. The lowest BCUT2D eigenvalue weighted by molar-refractivity contribution is -0.142. The minimum absolute atomic E-state index is 0.100. The van der Waals surface area contributed by atoms with E-state index >= 15 is 0 Å². The molecule has 1 unspecified atom stereocenters. The predicted octanol–water partition coefficient (Wildman–Crippen LogP) is 4.08. The molecule has 0 bridgehead atoms. The van der Waals surface area contributed by atoms with Gasteiger partial charge in [-0.1, -0.05) is 55.3 Å². The molecule has 0 saturated heterocycles. The Hall–Kier alpha value is -4.47. The van der Waals surface area contributed by atoms with E-state index in [0.717, 1.165) is 37.0 Å². The molecule has 5 rings (SSSR count). The van der Waals surface area contributed by atoms with Crippen molar-refractivity contribution in [2.75, 3.05) is 7.11 Å². The van der Waals surface area contributed by atoms with Crippen LogP contribution in [0.25, 0.3) is 11.6 Å². The highest BCUT2D eigenvalue weighted by molar-refractivity contribution is 5.89. The van der Waals surface area contributed by atoms with Gasteiger partial charge in [-0.15, -0.1) is 10.2 Å². The molecule has 1 N–H and O–H groups in total. The zero-order valence-electron chi connectivity index (χ0n) is 22.1. The van der Waals surface area contributed by atoms with E-state index in [0.29, 0.717) is 17.1 Å². The molecule has 0 aliphatic heterocycles. The number of benzene rings is 2. The van der Waals surface area contributed by atoms with Gasteiger partial charge in [0.15, 0.2) is 5.76 Å². The smallest absolute Gasteiger partial charge is 0.247 e. The highest BCUT2D eigenvalue weighted by atomic mass is 16.5. The minimum Gasteiger partial charge on any atom is -0.497 e. The number of methoxy groups -OCH3 is 1. The molecule has 39 heavy (non-hydrogen) atoms. The van der Waals surface area contributed by atoms with Crippen LogP contribution in [-0.4, -0.2) is 50.1 Å². The molecule has 1 atom stereocenters. The highest BCUT2D eigenvalue weighted by Gasteiger charge is 2.33. The van der Waals surface area contributed by atoms with Gasteiger partial charge in [-0.3, -0.25) is 9.59 Å². The molecule has 2 amide bonds. The van der Waals surface area contributed by atoms with Crippen LogP contribution in [0.15, 0.2) is 71.1 Å². The number of carbonyl (C=O) groups excluding carboxylic acids is 2. The molecule has 10 nitrogen and oxygen atoms in total. The molecule has 0 spiro atoms. The van der Waals surface area contributed by atoms with Crippen molar-refractivity contribution >= 4 is 11.8 Å². The summed E-state index contributed by atoms with van der Waals surface area (Å²) in [6, 6.07) is 19.7. The molecular weight excluding hydrogens is 496 g/mol. The summed E-state index contributed by atoms with van der Waals surface area (Å²) in [5.41, 5.74) is 1.59. The van der Waals surface area contributed by atoms with Crippen molar-refractivity contribution in [3.05, 3.63) is 83.6 Å². The lowest BCUT2D eigenvalue weighted by Crippen LogP contribution is -2.46. The summed E-state index contributed by atoms with van der Waals surface area (Å²) in [5, 5.41) is 15.6. The second-order valence-electron chi connectivity index (χ2n) is 9.73. The second kappa shape index (κ2) is 11.9. The Morgan fingerprint density at radius 3 is 2.49 bits per heavy atom. The number of furan rings is 1. The van der Waals surface area contributed by atoms with Crippen LogP contribution in [0.2, 0.25) is 0 Å². The summed E-state index contributed by atoms with van der Waals surface area (Å²) in [7, 11) is 1.59. The van der Waals surface area contributed by atoms with Gasteiger partial charge in [-0.2, -0.15) is 4.80 Å². The molecule has 2 heterocycles. The van der Waals surface area contributed by atoms with Gasteiger partial charge in [0.1, 0.15) is 24.1 Å². The van der Waals surface area contributed by atoms with Gasteiger partial charge in [0.2, 0.25) is 17.6 Å². The predicted molar refractivity (Wildman–Crippen MR) is 143 cm³/mol. The van der Waals surface area contributed by atoms with Crippen molar-refractivity contribution in [3.8, 4) is 17.3 Å². The van der Waals surface area contributed by atoms with Crippen molar-refractivity contribution in [2.24, 2.45) is 0 Å². The Morgan fingerprint density at radius 2 is 1.82 bits per heavy atom. The first-order chi connectivity index (χ1) is 19.0. The number of nitrogens with zero attached hydrogens (tertiary/aromatic N) is 5. The lowest BCUT2D eigenvalue weighted by Gasteiger charge is -2.32. The normalized spacial score (nSPS) is 14.2. The maximum absolute atomic E-state index is 13.9. The molecule has 1 aliphatic rings. The third-order valence-electron chi connectivity index (χ3n) is 6.90. The highest BCUT2D eigenvalue weighted by Crippen LogP contribution is 2.28. The number of nitrogens with one attached hydrogen (secondary N) is 1. The van der Waals surface area contributed by atoms with Crippen LogP contribution < -0.4 is 10.1 Å². The Labute approximate surface area is 227 Å². The van der Waals surface area contributed by atoms with Crippen LogP contribution in [0.5, 0.6) is 5.75 Å². The molecule has 202 valence electrons. The summed E-state index contributed by atoms with van der Waals surface area (Å²) in [5.74, 6) is 1.62. The summed E-state index contributed by atoms with van der Waals surface area (Å²) in [6.07, 6.45) is 4.04. The maximum Gasteiger partial charge on any atom is 0.247 e. The number of carbonyl (C=O) groups is 2. The minimum atomic E-state index is -0.861. The van der Waals surface area contributed by atoms with Crippen molar-refractivity contribution < 1.29 is 18.7 Å². The third-order valence-corrected chi connectivity index (χ3v) is 6.90. The Bertz CT molecular complexity index is 1390. The molecule has 2 aromatic carbocycles. The molecule has 1 aliphatic carbocycles. The molecule has 1 saturated carbocycles. The van der Waals surface area contributed by atoms with E-state index in [-0.39, 0.29) is 36.8 Å². The van der Waals surface area contributed by atoms with E-state index in [1.807, 2.05) is 55.5 Å². The fourth-order valence-corrected chi connectivity index (χ4v) is 4.89. The van der Waals surface area contributed by atoms with Gasteiger partial charge in [0.25, 0.3) is 0 Å². The van der Waals surface area contributed by atoms with Crippen LogP contribution in [0.3, 0.4) is 0 Å². The maximum atomic E-state index is 13.9. The van der Waals surface area contributed by atoms with Crippen LogP contribution >= 0.6 is 0 Å². The molecule has 0 radical (unpaired) electrons. The van der Waals surface area contributed by atoms with Gasteiger partial charge in [0.05, 0.1) is 7.11 Å². The zero-order valence-corrected chi connectivity index (χ0v) is 22.1. The molecule has 4 aromatic rings. The zero-order chi connectivity index (χ0) is 27.2. The average molecular weight is 529 g/mol. The second-order valence-corrected chi connectivity index (χ2v) is 9.73. The summed E-state index contributed by atoms with van der Waals surface area (Å²) < 4.78 is 10.9. The Balaban J connectivity index is 1.47. The fraction of sp³-hybridized carbons (Fsp3) is 0.345. The van der Waals surface area contributed by atoms with E-state index in [4.69, 9.17) is 9.15 Å². The van der Waals surface area contributed by atoms with Crippen molar-refractivity contribution in [3.63, 3.8) is 0 Å². The number of hydrogen-bond acceptors (Lipinski definition) is 7. The van der Waals surface area contributed by atoms with E-state index in [2.05, 4.69) is 20.7 Å². The topological polar surface area (TPSA) is 115 Å². The van der Waals surface area contributed by atoms with Crippen molar-refractivity contribution in [1.29, 1.82) is 0 Å². The van der Waals surface area contributed by atoms with Gasteiger partial charge in [0, 0.05) is 12.6 Å². The standard InChI is InChI=1S/C29H32N6O4/c1-20-12-17-25(39-20)28-31-33-35(32-28)19-26(36)34(18-21-8-4-3-5-9-21)27(22-13-15-24(38-2)16-14-22)29(37)30-23-10-6-7-11-23/h3-5,8-9,12-17,23,27H,6-7,10-11,18-19H2,1-2H3,(H,30,37). The Kier molecular flexibility index (Phi) is 8.00. The largest absolute Gasteiger partial charge is 0.497 e. The number of ether oxygens (including phenoxy) is 1. The number of hydrogen-bond donors (Lipinski definition) is 1. The first kappa shape index (κ1) is 26.1.